The molecule has 0 saturated carbocycles. The monoisotopic (exact) mass is 221 g/mol. The number of anilines is 1. The molecule has 0 saturated heterocycles. The lowest BCUT2D eigenvalue weighted by Gasteiger charge is -2.01. The van der Waals surface area contributed by atoms with Crippen LogP contribution in [0, 0.1) is 6.92 Å². The first-order valence-corrected chi connectivity index (χ1v) is 5.39. The Balaban J connectivity index is 2.02. The summed E-state index contributed by atoms with van der Waals surface area (Å²) in [6, 6.07) is 5.59. The number of thiophene rings is 1. The Morgan fingerprint density at radius 2 is 2.40 bits per heavy atom. The molecule has 0 fully saturated rings. The van der Waals surface area contributed by atoms with Crippen LogP contribution in [0.3, 0.4) is 0 Å². The van der Waals surface area contributed by atoms with Gasteiger partial charge in [0.05, 0.1) is 12.9 Å². The highest BCUT2D eigenvalue weighted by molar-refractivity contribution is 7.11. The predicted octanol–water partition coefficient (Wildman–Crippen LogP) is 1.75. The minimum absolute atomic E-state index is 0.144. The summed E-state index contributed by atoms with van der Waals surface area (Å²) in [5.74, 6) is 0.602. The minimum Gasteiger partial charge on any atom is -0.365 e. The maximum atomic E-state index is 11.0. The Morgan fingerprint density at radius 3 is 3.07 bits per heavy atom. The number of aryl methyl sites for hydroxylation is 1. The summed E-state index contributed by atoms with van der Waals surface area (Å²) >= 11 is 1.73. The summed E-state index contributed by atoms with van der Waals surface area (Å²) in [7, 11) is 0. The van der Waals surface area contributed by atoms with Crippen LogP contribution in [0.25, 0.3) is 0 Å². The van der Waals surface area contributed by atoms with Crippen molar-refractivity contribution in [2.24, 2.45) is 0 Å². The van der Waals surface area contributed by atoms with Gasteiger partial charge in [-0.1, -0.05) is 0 Å². The van der Waals surface area contributed by atoms with Crippen LogP contribution < -0.4 is 10.9 Å². The molecule has 2 aromatic heterocycles. The number of nitrogens with one attached hydrogen (secondary N) is 2. The first-order chi connectivity index (χ1) is 7.24. The van der Waals surface area contributed by atoms with Crippen molar-refractivity contribution in [2.75, 3.05) is 5.32 Å². The van der Waals surface area contributed by atoms with Gasteiger partial charge in [0.15, 0.2) is 0 Å². The summed E-state index contributed by atoms with van der Waals surface area (Å²) in [5.41, 5.74) is -0.144. The van der Waals surface area contributed by atoms with Crippen molar-refractivity contribution in [3.63, 3.8) is 0 Å². The Bertz CT molecular complexity index is 503. The molecule has 0 unspecified atom stereocenters. The summed E-state index contributed by atoms with van der Waals surface area (Å²) in [4.78, 5) is 20.0. The van der Waals surface area contributed by atoms with Gasteiger partial charge in [-0.15, -0.1) is 11.3 Å². The highest BCUT2D eigenvalue weighted by Gasteiger charge is 1.97. The maximum Gasteiger partial charge on any atom is 0.252 e. The number of hydrogen-bond acceptors (Lipinski definition) is 4. The Labute approximate surface area is 91.0 Å². The molecule has 0 bridgehead atoms. The van der Waals surface area contributed by atoms with Gasteiger partial charge in [-0.05, 0) is 19.1 Å². The molecule has 0 amide bonds. The second-order valence-corrected chi connectivity index (χ2v) is 4.53. The predicted molar refractivity (Wildman–Crippen MR) is 61.2 cm³/mol. The van der Waals surface area contributed by atoms with Gasteiger partial charge in [0, 0.05) is 15.8 Å². The van der Waals surface area contributed by atoms with Gasteiger partial charge in [-0.2, -0.15) is 0 Å². The molecule has 2 aromatic rings. The smallest absolute Gasteiger partial charge is 0.252 e. The van der Waals surface area contributed by atoms with E-state index in [4.69, 9.17) is 0 Å². The largest absolute Gasteiger partial charge is 0.365 e. The second kappa shape index (κ2) is 4.27. The van der Waals surface area contributed by atoms with E-state index in [-0.39, 0.29) is 5.56 Å². The molecule has 5 heteroatoms. The molecule has 0 atom stereocenters. The van der Waals surface area contributed by atoms with E-state index in [2.05, 4.69) is 34.3 Å². The Hall–Kier alpha value is -1.62. The average Bonchev–Trinajstić information content (AvgIpc) is 2.62. The summed E-state index contributed by atoms with van der Waals surface area (Å²) in [6.07, 6.45) is 1.39. The third-order valence-corrected chi connectivity index (χ3v) is 2.92. The highest BCUT2D eigenvalue weighted by atomic mass is 32.1. The van der Waals surface area contributed by atoms with E-state index in [1.165, 1.54) is 22.1 Å². The number of nitrogens with zero attached hydrogens (tertiary/aromatic N) is 1. The average molecular weight is 221 g/mol. The van der Waals surface area contributed by atoms with Gasteiger partial charge in [-0.25, -0.2) is 4.98 Å². The molecule has 0 aliphatic rings. The first kappa shape index (κ1) is 9.92. The fourth-order valence-electron chi connectivity index (χ4n) is 1.22. The van der Waals surface area contributed by atoms with Crippen LogP contribution in [-0.4, -0.2) is 9.97 Å². The summed E-state index contributed by atoms with van der Waals surface area (Å²) < 4.78 is 0. The zero-order valence-corrected chi connectivity index (χ0v) is 9.10. The first-order valence-electron chi connectivity index (χ1n) is 4.58. The highest BCUT2D eigenvalue weighted by Crippen LogP contribution is 2.15. The molecule has 0 aliphatic heterocycles. The van der Waals surface area contributed by atoms with Crippen LogP contribution >= 0.6 is 11.3 Å². The van der Waals surface area contributed by atoms with E-state index in [1.807, 2.05) is 0 Å². The lowest BCUT2D eigenvalue weighted by molar-refractivity contribution is 1.07. The van der Waals surface area contributed by atoms with E-state index in [9.17, 15) is 4.79 Å². The molecule has 4 nitrogen and oxygen atoms in total. The Kier molecular flexibility index (Phi) is 2.82. The van der Waals surface area contributed by atoms with Crippen molar-refractivity contribution in [3.05, 3.63) is 44.6 Å². The molecule has 78 valence electrons. The van der Waals surface area contributed by atoms with Crippen molar-refractivity contribution < 1.29 is 0 Å². The van der Waals surface area contributed by atoms with Crippen LogP contribution in [0.2, 0.25) is 0 Å². The molecule has 2 rings (SSSR count). The van der Waals surface area contributed by atoms with Crippen LogP contribution in [-0.2, 0) is 6.54 Å². The number of aromatic amines is 1. The van der Waals surface area contributed by atoms with Gasteiger partial charge in [0.2, 0.25) is 0 Å². The van der Waals surface area contributed by atoms with Gasteiger partial charge in [0.1, 0.15) is 5.82 Å². The van der Waals surface area contributed by atoms with E-state index in [0.29, 0.717) is 12.4 Å². The van der Waals surface area contributed by atoms with E-state index < -0.39 is 0 Å². The molecule has 0 spiro atoms. The molecule has 2 N–H and O–H groups in total. The fourth-order valence-corrected chi connectivity index (χ4v) is 2.05. The van der Waals surface area contributed by atoms with Gasteiger partial charge in [-0.3, -0.25) is 4.79 Å². The minimum atomic E-state index is -0.144. The third-order valence-electron chi connectivity index (χ3n) is 1.92. The van der Waals surface area contributed by atoms with E-state index in [1.54, 1.807) is 11.3 Å². The van der Waals surface area contributed by atoms with Crippen LogP contribution in [0.5, 0.6) is 0 Å². The summed E-state index contributed by atoms with van der Waals surface area (Å²) in [6.45, 7) is 2.77. The second-order valence-electron chi connectivity index (χ2n) is 3.16. The van der Waals surface area contributed by atoms with Crippen molar-refractivity contribution in [1.82, 2.24) is 9.97 Å². The standard InChI is InChI=1S/C10H11N3OS/c1-7-2-3-8(15-7)5-11-9-4-10(14)13-6-12-9/h2-4,6H,5H2,1H3,(H2,11,12,13,14). The summed E-state index contributed by atoms with van der Waals surface area (Å²) in [5, 5.41) is 3.09. The molecule has 15 heavy (non-hydrogen) atoms. The van der Waals surface area contributed by atoms with Crippen LogP contribution in [0.1, 0.15) is 9.75 Å². The molecular formula is C10H11N3OS. The van der Waals surface area contributed by atoms with E-state index in [0.717, 1.165) is 0 Å². The fraction of sp³-hybridized carbons (Fsp3) is 0.200. The molecule has 0 radical (unpaired) electrons. The number of H-pyrrole nitrogens is 1. The van der Waals surface area contributed by atoms with Gasteiger partial charge >= 0.3 is 0 Å². The molecular weight excluding hydrogens is 210 g/mol. The van der Waals surface area contributed by atoms with Crippen molar-refractivity contribution >= 4 is 17.2 Å². The number of aromatic nitrogens is 2. The van der Waals surface area contributed by atoms with Gasteiger partial charge in [0.25, 0.3) is 5.56 Å². The quantitative estimate of drug-likeness (QED) is 0.830. The molecule has 0 aliphatic carbocycles. The van der Waals surface area contributed by atoms with Crippen LogP contribution in [0.15, 0.2) is 29.3 Å². The van der Waals surface area contributed by atoms with E-state index >= 15 is 0 Å². The van der Waals surface area contributed by atoms with Crippen LogP contribution in [0.4, 0.5) is 5.82 Å². The zero-order chi connectivity index (χ0) is 10.7. The number of rotatable bonds is 3. The normalized spacial score (nSPS) is 10.2. The molecule has 0 aromatic carbocycles. The lowest BCUT2D eigenvalue weighted by Crippen LogP contribution is -2.08. The van der Waals surface area contributed by atoms with Gasteiger partial charge < -0.3 is 10.3 Å². The van der Waals surface area contributed by atoms with Crippen molar-refractivity contribution in [2.45, 2.75) is 13.5 Å². The van der Waals surface area contributed by atoms with Crippen molar-refractivity contribution in [3.8, 4) is 0 Å². The Morgan fingerprint density at radius 1 is 1.53 bits per heavy atom. The zero-order valence-electron chi connectivity index (χ0n) is 8.28. The SMILES string of the molecule is Cc1ccc(CNc2cc(=O)[nH]cn2)s1. The maximum absolute atomic E-state index is 11.0. The third kappa shape index (κ3) is 2.66. The molecule has 2 heterocycles. The van der Waals surface area contributed by atoms with Crippen molar-refractivity contribution in [1.29, 1.82) is 0 Å². The topological polar surface area (TPSA) is 57.8 Å². The lowest BCUT2D eigenvalue weighted by atomic mass is 10.4. The number of hydrogen-bond donors (Lipinski definition) is 2.